The number of halogens is 1. The summed E-state index contributed by atoms with van der Waals surface area (Å²) >= 11 is 5.44. The molecule has 0 saturated carbocycles. The van der Waals surface area contributed by atoms with Gasteiger partial charge in [0.15, 0.2) is 5.52 Å². The minimum absolute atomic E-state index is 0.137. The third-order valence-corrected chi connectivity index (χ3v) is 2.92. The number of hydrogen-bond acceptors (Lipinski definition) is 5. The Morgan fingerprint density at radius 1 is 1.50 bits per heavy atom. The van der Waals surface area contributed by atoms with Crippen LogP contribution in [0, 0.1) is 10.1 Å². The summed E-state index contributed by atoms with van der Waals surface area (Å²) in [5.74, 6) is -0.156. The molecule has 1 heterocycles. The fraction of sp³-hybridized carbons (Fsp3) is 0.300. The molecule has 0 aliphatic carbocycles. The molecule has 0 fully saturated rings. The zero-order valence-electron chi connectivity index (χ0n) is 9.08. The van der Waals surface area contributed by atoms with Crippen molar-refractivity contribution in [2.24, 2.45) is 0 Å². The fourth-order valence-electron chi connectivity index (χ4n) is 1.69. The Morgan fingerprint density at radius 2 is 2.22 bits per heavy atom. The van der Waals surface area contributed by atoms with Gasteiger partial charge in [-0.15, -0.1) is 11.6 Å². The van der Waals surface area contributed by atoms with Crippen LogP contribution in [-0.4, -0.2) is 37.3 Å². The Kier molecular flexibility index (Phi) is 3.46. The van der Waals surface area contributed by atoms with E-state index < -0.39 is 17.1 Å². The molecule has 0 radical (unpaired) electrons. The van der Waals surface area contributed by atoms with E-state index >= 15 is 0 Å². The van der Waals surface area contributed by atoms with Crippen molar-refractivity contribution < 1.29 is 15.1 Å². The molecule has 1 aromatic heterocycles. The van der Waals surface area contributed by atoms with Crippen molar-refractivity contribution in [1.82, 2.24) is 10.2 Å². The predicted molar refractivity (Wildman–Crippen MR) is 64.4 cm³/mol. The first-order valence-corrected chi connectivity index (χ1v) is 5.63. The second kappa shape index (κ2) is 4.89. The molecule has 8 heteroatoms. The largest absolute Gasteiger partial charge is 0.389 e. The number of fused-ring (bicyclic) bond motifs is 1. The minimum atomic E-state index is -1.27. The van der Waals surface area contributed by atoms with Gasteiger partial charge < -0.3 is 10.2 Å². The Hall–Kier alpha value is -1.70. The lowest BCUT2D eigenvalue weighted by molar-refractivity contribution is -0.383. The number of para-hydroxylation sites is 1. The van der Waals surface area contributed by atoms with Crippen LogP contribution in [0.4, 0.5) is 5.69 Å². The number of alkyl halides is 1. The van der Waals surface area contributed by atoms with Gasteiger partial charge in [0.1, 0.15) is 6.10 Å². The first kappa shape index (κ1) is 12.7. The van der Waals surface area contributed by atoms with Crippen molar-refractivity contribution in [2.45, 2.75) is 12.2 Å². The van der Waals surface area contributed by atoms with E-state index in [2.05, 4.69) is 10.2 Å². The topological polar surface area (TPSA) is 112 Å². The quantitative estimate of drug-likeness (QED) is 0.438. The third-order valence-electron chi connectivity index (χ3n) is 2.61. The lowest BCUT2D eigenvalue weighted by Crippen LogP contribution is -2.20. The highest BCUT2D eigenvalue weighted by Crippen LogP contribution is 2.29. The summed E-state index contributed by atoms with van der Waals surface area (Å²) < 4.78 is 0. The first-order chi connectivity index (χ1) is 8.56. The molecule has 1 aromatic carbocycles. The minimum Gasteiger partial charge on any atom is -0.389 e. The molecule has 7 nitrogen and oxygen atoms in total. The summed E-state index contributed by atoms with van der Waals surface area (Å²) in [4.78, 5) is 10.2. The summed E-state index contributed by atoms with van der Waals surface area (Å²) in [5, 5.41) is 36.8. The van der Waals surface area contributed by atoms with Gasteiger partial charge >= 0.3 is 0 Å². The highest BCUT2D eigenvalue weighted by atomic mass is 35.5. The summed E-state index contributed by atoms with van der Waals surface area (Å²) in [6.07, 6.45) is -2.44. The van der Waals surface area contributed by atoms with Gasteiger partial charge in [0.2, 0.25) is 0 Å². The van der Waals surface area contributed by atoms with Crippen molar-refractivity contribution in [2.75, 3.05) is 5.88 Å². The van der Waals surface area contributed by atoms with Crippen LogP contribution in [0.15, 0.2) is 18.2 Å². The molecular formula is C10H10ClN3O4. The van der Waals surface area contributed by atoms with Crippen LogP contribution in [0.1, 0.15) is 11.8 Å². The number of nitro benzene ring substituents is 1. The van der Waals surface area contributed by atoms with Gasteiger partial charge in [-0.1, -0.05) is 12.1 Å². The van der Waals surface area contributed by atoms with E-state index in [4.69, 9.17) is 11.6 Å². The zero-order valence-corrected chi connectivity index (χ0v) is 9.83. The van der Waals surface area contributed by atoms with Crippen molar-refractivity contribution in [1.29, 1.82) is 0 Å². The number of benzene rings is 1. The Labute approximate surface area is 106 Å². The third kappa shape index (κ3) is 2.03. The lowest BCUT2D eigenvalue weighted by Gasteiger charge is -2.13. The van der Waals surface area contributed by atoms with Crippen molar-refractivity contribution in [3.8, 4) is 0 Å². The normalized spacial score (nSPS) is 14.6. The SMILES string of the molecule is O=[N+]([O-])c1cccc2c(C(O)C(O)CCl)[nH]nc12. The monoisotopic (exact) mass is 271 g/mol. The number of nitro groups is 1. The van der Waals surface area contributed by atoms with E-state index in [1.807, 2.05) is 0 Å². The fourth-order valence-corrected chi connectivity index (χ4v) is 1.86. The molecule has 2 rings (SSSR count). The number of H-pyrrole nitrogens is 1. The van der Waals surface area contributed by atoms with Gasteiger partial charge in [0, 0.05) is 11.5 Å². The molecule has 0 bridgehead atoms. The second-order valence-electron chi connectivity index (χ2n) is 3.73. The van der Waals surface area contributed by atoms with Crippen molar-refractivity contribution in [3.63, 3.8) is 0 Å². The number of hydrogen-bond donors (Lipinski definition) is 3. The summed E-state index contributed by atoms with van der Waals surface area (Å²) in [7, 11) is 0. The number of aliphatic hydroxyl groups is 2. The number of nitrogens with one attached hydrogen (secondary N) is 1. The number of aromatic amines is 1. The molecule has 18 heavy (non-hydrogen) atoms. The van der Waals surface area contributed by atoms with Gasteiger partial charge in [-0.25, -0.2) is 0 Å². The summed E-state index contributed by atoms with van der Waals surface area (Å²) in [5.41, 5.74) is 0.183. The molecule has 0 amide bonds. The number of rotatable bonds is 4. The number of non-ortho nitro benzene ring substituents is 1. The Bertz CT molecular complexity index is 586. The van der Waals surface area contributed by atoms with Crippen LogP contribution in [-0.2, 0) is 0 Å². The number of nitrogens with zero attached hydrogens (tertiary/aromatic N) is 2. The average molecular weight is 272 g/mol. The maximum absolute atomic E-state index is 10.8. The molecule has 0 aliphatic rings. The molecule has 2 aromatic rings. The molecule has 3 N–H and O–H groups in total. The zero-order chi connectivity index (χ0) is 13.3. The van der Waals surface area contributed by atoms with Crippen LogP contribution < -0.4 is 0 Å². The van der Waals surface area contributed by atoms with Crippen LogP contribution in [0.5, 0.6) is 0 Å². The van der Waals surface area contributed by atoms with E-state index in [0.717, 1.165) is 0 Å². The van der Waals surface area contributed by atoms with Crippen LogP contribution in [0.3, 0.4) is 0 Å². The van der Waals surface area contributed by atoms with Gasteiger partial charge in [-0.05, 0) is 0 Å². The average Bonchev–Trinajstić information content (AvgIpc) is 2.80. The van der Waals surface area contributed by atoms with Crippen LogP contribution in [0.2, 0.25) is 0 Å². The van der Waals surface area contributed by atoms with E-state index in [-0.39, 0.29) is 22.8 Å². The maximum atomic E-state index is 10.8. The smallest absolute Gasteiger partial charge is 0.297 e. The lowest BCUT2D eigenvalue weighted by atomic mass is 10.1. The molecule has 2 unspecified atom stereocenters. The molecule has 0 spiro atoms. The van der Waals surface area contributed by atoms with Gasteiger partial charge in [-0.3, -0.25) is 15.2 Å². The van der Waals surface area contributed by atoms with E-state index in [1.54, 1.807) is 6.07 Å². The second-order valence-corrected chi connectivity index (χ2v) is 4.04. The number of aromatic nitrogens is 2. The molecule has 2 atom stereocenters. The molecule has 96 valence electrons. The summed E-state index contributed by atoms with van der Waals surface area (Å²) in [6, 6.07) is 4.38. The van der Waals surface area contributed by atoms with Crippen LogP contribution in [0.25, 0.3) is 10.9 Å². The highest BCUT2D eigenvalue weighted by molar-refractivity contribution is 6.18. The molecule has 0 aliphatic heterocycles. The Morgan fingerprint density at radius 3 is 2.83 bits per heavy atom. The molecular weight excluding hydrogens is 262 g/mol. The highest BCUT2D eigenvalue weighted by Gasteiger charge is 2.24. The predicted octanol–water partition coefficient (Wildman–Crippen LogP) is 1.10. The van der Waals surface area contributed by atoms with Crippen molar-refractivity contribution >= 4 is 28.2 Å². The first-order valence-electron chi connectivity index (χ1n) is 5.09. The van der Waals surface area contributed by atoms with E-state index in [0.29, 0.717) is 5.39 Å². The maximum Gasteiger partial charge on any atom is 0.297 e. The van der Waals surface area contributed by atoms with Crippen molar-refractivity contribution in [3.05, 3.63) is 34.0 Å². The van der Waals surface area contributed by atoms with Gasteiger partial charge in [-0.2, -0.15) is 5.10 Å². The summed E-state index contributed by atoms with van der Waals surface area (Å²) in [6.45, 7) is 0. The van der Waals surface area contributed by atoms with Gasteiger partial charge in [0.05, 0.1) is 22.6 Å². The molecule has 0 saturated heterocycles. The van der Waals surface area contributed by atoms with Gasteiger partial charge in [0.25, 0.3) is 5.69 Å². The number of aliphatic hydroxyl groups excluding tert-OH is 2. The van der Waals surface area contributed by atoms with E-state index in [9.17, 15) is 20.3 Å². The standard InChI is InChI=1S/C10H10ClN3O4/c11-4-7(15)10(16)9-5-2-1-3-6(14(17)18)8(5)12-13-9/h1-3,7,10,15-16H,4H2,(H,12,13). The Balaban J connectivity index is 2.55. The van der Waals surface area contributed by atoms with Crippen LogP contribution >= 0.6 is 11.6 Å². The van der Waals surface area contributed by atoms with E-state index in [1.165, 1.54) is 12.1 Å².